The van der Waals surface area contributed by atoms with Crippen LogP contribution in [0.2, 0.25) is 0 Å². The van der Waals surface area contributed by atoms with E-state index < -0.39 is 5.43 Å². The summed E-state index contributed by atoms with van der Waals surface area (Å²) in [5.74, 6) is 0.274. The van der Waals surface area contributed by atoms with Crippen molar-refractivity contribution in [3.8, 4) is 11.5 Å². The predicted molar refractivity (Wildman–Crippen MR) is 40.9 cm³/mol. The zero-order valence-electron chi connectivity index (χ0n) is 6.07. The number of rotatable bonds is 1. The SMILES string of the molecule is COc1ccc(O)c(=O)cc1. The summed E-state index contributed by atoms with van der Waals surface area (Å²) in [7, 11) is 1.50. The first kappa shape index (κ1) is 7.60. The van der Waals surface area contributed by atoms with E-state index in [9.17, 15) is 4.79 Å². The van der Waals surface area contributed by atoms with Gasteiger partial charge in [0.15, 0.2) is 5.75 Å². The lowest BCUT2D eigenvalue weighted by molar-refractivity contribution is 0.415. The van der Waals surface area contributed by atoms with Gasteiger partial charge in [-0.3, -0.25) is 4.79 Å². The fraction of sp³-hybridized carbons (Fsp3) is 0.125. The first-order valence-electron chi connectivity index (χ1n) is 3.11. The fourth-order valence-corrected chi connectivity index (χ4v) is 0.678. The summed E-state index contributed by atoms with van der Waals surface area (Å²) in [6.45, 7) is 0. The Bertz CT molecular complexity index is 306. The molecule has 0 unspecified atom stereocenters. The molecule has 0 aromatic heterocycles. The predicted octanol–water partition coefficient (Wildman–Crippen LogP) is 0.761. The molecule has 0 atom stereocenters. The van der Waals surface area contributed by atoms with Gasteiger partial charge in [-0.05, 0) is 24.3 Å². The van der Waals surface area contributed by atoms with E-state index in [-0.39, 0.29) is 5.75 Å². The van der Waals surface area contributed by atoms with E-state index in [0.717, 1.165) is 0 Å². The molecule has 0 aliphatic carbocycles. The van der Waals surface area contributed by atoms with Gasteiger partial charge in [0.25, 0.3) is 0 Å². The third-order valence-electron chi connectivity index (χ3n) is 1.29. The minimum Gasteiger partial charge on any atom is -0.504 e. The summed E-state index contributed by atoms with van der Waals surface area (Å²) in [6, 6.07) is 5.59. The van der Waals surface area contributed by atoms with Crippen LogP contribution in [0.5, 0.6) is 11.5 Å². The van der Waals surface area contributed by atoms with Crippen molar-refractivity contribution in [3.05, 3.63) is 34.5 Å². The topological polar surface area (TPSA) is 46.5 Å². The Morgan fingerprint density at radius 2 is 1.91 bits per heavy atom. The Labute approximate surface area is 63.9 Å². The Balaban J connectivity index is 3.28. The first-order chi connectivity index (χ1) is 5.24. The second-order valence-electron chi connectivity index (χ2n) is 2.02. The standard InChI is InChI=1S/C8H8O3/c1-11-6-2-4-7(9)8(10)5-3-6/h2-5H,1H3,(H,9,10). The highest BCUT2D eigenvalue weighted by molar-refractivity contribution is 5.27. The molecular formula is C8H8O3. The highest BCUT2D eigenvalue weighted by atomic mass is 16.5. The molecule has 0 spiro atoms. The summed E-state index contributed by atoms with van der Waals surface area (Å²) in [5, 5.41) is 8.93. The quantitative estimate of drug-likeness (QED) is 0.646. The Morgan fingerprint density at radius 1 is 1.27 bits per heavy atom. The second kappa shape index (κ2) is 3.05. The lowest BCUT2D eigenvalue weighted by atomic mass is 10.5. The number of hydrogen-bond donors (Lipinski definition) is 1. The van der Waals surface area contributed by atoms with Crippen molar-refractivity contribution in [2.24, 2.45) is 0 Å². The van der Waals surface area contributed by atoms with Gasteiger partial charge in [-0.2, -0.15) is 0 Å². The fourth-order valence-electron chi connectivity index (χ4n) is 0.678. The molecule has 1 aromatic rings. The van der Waals surface area contributed by atoms with Gasteiger partial charge < -0.3 is 9.84 Å². The zero-order valence-corrected chi connectivity index (χ0v) is 6.07. The van der Waals surface area contributed by atoms with Crippen LogP contribution in [0, 0.1) is 0 Å². The van der Waals surface area contributed by atoms with Crippen molar-refractivity contribution in [1.29, 1.82) is 0 Å². The van der Waals surface area contributed by atoms with Crippen molar-refractivity contribution in [3.63, 3.8) is 0 Å². The average molecular weight is 152 g/mol. The second-order valence-corrected chi connectivity index (χ2v) is 2.02. The van der Waals surface area contributed by atoms with Gasteiger partial charge >= 0.3 is 0 Å². The van der Waals surface area contributed by atoms with E-state index in [1.54, 1.807) is 0 Å². The number of ether oxygens (including phenoxy) is 1. The molecule has 58 valence electrons. The Hall–Kier alpha value is -1.51. The van der Waals surface area contributed by atoms with E-state index in [2.05, 4.69) is 0 Å². The molecule has 0 saturated carbocycles. The largest absolute Gasteiger partial charge is 0.504 e. The lowest BCUT2D eigenvalue weighted by Crippen LogP contribution is -1.91. The van der Waals surface area contributed by atoms with Crippen LogP contribution in [0.4, 0.5) is 0 Å². The molecule has 1 N–H and O–H groups in total. The summed E-state index contributed by atoms with van der Waals surface area (Å²) >= 11 is 0. The number of methoxy groups -OCH3 is 1. The molecule has 1 rings (SSSR count). The average Bonchev–Trinajstić information content (AvgIpc) is 2.16. The van der Waals surface area contributed by atoms with Gasteiger partial charge in [0, 0.05) is 0 Å². The lowest BCUT2D eigenvalue weighted by Gasteiger charge is -1.90. The van der Waals surface area contributed by atoms with Crippen molar-refractivity contribution < 1.29 is 9.84 Å². The smallest absolute Gasteiger partial charge is 0.220 e. The van der Waals surface area contributed by atoms with Crippen molar-refractivity contribution in [2.45, 2.75) is 0 Å². The zero-order chi connectivity index (χ0) is 8.27. The van der Waals surface area contributed by atoms with E-state index >= 15 is 0 Å². The van der Waals surface area contributed by atoms with Crippen LogP contribution in [0.1, 0.15) is 0 Å². The van der Waals surface area contributed by atoms with Gasteiger partial charge in [-0.15, -0.1) is 0 Å². The van der Waals surface area contributed by atoms with Gasteiger partial charge in [-0.1, -0.05) is 0 Å². The summed E-state index contributed by atoms with van der Waals surface area (Å²) in [6.07, 6.45) is 0. The molecule has 0 fully saturated rings. The first-order valence-corrected chi connectivity index (χ1v) is 3.11. The van der Waals surface area contributed by atoms with Gasteiger partial charge in [0.1, 0.15) is 5.75 Å². The van der Waals surface area contributed by atoms with Gasteiger partial charge in [0.2, 0.25) is 5.43 Å². The molecule has 0 amide bonds. The minimum absolute atomic E-state index is 0.270. The molecule has 0 aliphatic rings. The molecule has 1 aromatic carbocycles. The molecule has 0 aliphatic heterocycles. The van der Waals surface area contributed by atoms with Crippen LogP contribution in [0.25, 0.3) is 0 Å². The molecular weight excluding hydrogens is 144 g/mol. The summed E-state index contributed by atoms with van der Waals surface area (Å²) in [5.41, 5.74) is -0.409. The van der Waals surface area contributed by atoms with E-state index in [4.69, 9.17) is 9.84 Å². The Morgan fingerprint density at radius 3 is 2.55 bits per heavy atom. The van der Waals surface area contributed by atoms with Crippen molar-refractivity contribution >= 4 is 0 Å². The van der Waals surface area contributed by atoms with Crippen LogP contribution >= 0.6 is 0 Å². The van der Waals surface area contributed by atoms with E-state index in [1.807, 2.05) is 0 Å². The third-order valence-corrected chi connectivity index (χ3v) is 1.29. The minimum atomic E-state index is -0.409. The maximum atomic E-state index is 10.8. The normalized spacial score (nSPS) is 9.18. The summed E-state index contributed by atoms with van der Waals surface area (Å²) in [4.78, 5) is 10.8. The summed E-state index contributed by atoms with van der Waals surface area (Å²) < 4.78 is 4.83. The van der Waals surface area contributed by atoms with Crippen LogP contribution in [-0.2, 0) is 0 Å². The molecule has 3 nitrogen and oxygen atoms in total. The van der Waals surface area contributed by atoms with Crippen LogP contribution in [0.3, 0.4) is 0 Å². The molecule has 0 heterocycles. The molecule has 3 heteroatoms. The molecule has 11 heavy (non-hydrogen) atoms. The van der Waals surface area contributed by atoms with Crippen LogP contribution in [-0.4, -0.2) is 12.2 Å². The third kappa shape index (κ3) is 1.70. The van der Waals surface area contributed by atoms with Crippen LogP contribution < -0.4 is 10.2 Å². The number of hydrogen-bond acceptors (Lipinski definition) is 3. The molecule has 0 radical (unpaired) electrons. The maximum absolute atomic E-state index is 10.8. The maximum Gasteiger partial charge on any atom is 0.220 e. The van der Waals surface area contributed by atoms with Crippen LogP contribution in [0.15, 0.2) is 29.1 Å². The molecule has 0 bridgehead atoms. The molecule has 0 saturated heterocycles. The number of aromatic hydroxyl groups is 1. The van der Waals surface area contributed by atoms with Gasteiger partial charge in [-0.25, -0.2) is 0 Å². The highest BCUT2D eigenvalue weighted by Gasteiger charge is 1.92. The van der Waals surface area contributed by atoms with E-state index in [0.29, 0.717) is 5.75 Å². The Kier molecular flexibility index (Phi) is 2.11. The van der Waals surface area contributed by atoms with E-state index in [1.165, 1.54) is 31.4 Å². The van der Waals surface area contributed by atoms with Crippen molar-refractivity contribution in [1.82, 2.24) is 0 Å². The van der Waals surface area contributed by atoms with Gasteiger partial charge in [0.05, 0.1) is 7.11 Å². The monoisotopic (exact) mass is 152 g/mol. The van der Waals surface area contributed by atoms with Crippen molar-refractivity contribution in [2.75, 3.05) is 7.11 Å². The highest BCUT2D eigenvalue weighted by Crippen LogP contribution is 2.07.